The molecule has 9 heteroatoms. The van der Waals surface area contributed by atoms with Crippen LogP contribution in [0, 0.1) is 11.8 Å². The average Bonchev–Trinajstić information content (AvgIpc) is 3.59. The second-order valence-corrected chi connectivity index (χ2v) is 12.0. The third-order valence-electron chi connectivity index (χ3n) is 8.94. The summed E-state index contributed by atoms with van der Waals surface area (Å²) in [5, 5.41) is 8.34. The second kappa shape index (κ2) is 13.8. The number of primary amides is 1. The summed E-state index contributed by atoms with van der Waals surface area (Å²) in [4.78, 5) is 46.5. The molecule has 1 aliphatic rings. The smallest absolute Gasteiger partial charge is 0.255 e. The first-order chi connectivity index (χ1) is 22.4. The molecule has 0 spiro atoms. The lowest BCUT2D eigenvalue weighted by Gasteiger charge is -2.28. The third kappa shape index (κ3) is 7.00. The van der Waals surface area contributed by atoms with Crippen molar-refractivity contribution in [2.75, 3.05) is 11.9 Å². The van der Waals surface area contributed by atoms with Crippen molar-refractivity contribution < 1.29 is 14.4 Å². The number of imidazole rings is 1. The first-order valence-corrected chi connectivity index (χ1v) is 15.7. The van der Waals surface area contributed by atoms with E-state index < -0.39 is 11.9 Å². The van der Waals surface area contributed by atoms with Gasteiger partial charge < -0.3 is 27.1 Å². The molecule has 7 N–H and O–H groups in total. The number of nitrogens with zero attached hydrogens (tertiary/aromatic N) is 1. The highest BCUT2D eigenvalue weighted by molar-refractivity contribution is 6.09. The first kappa shape index (κ1) is 30.7. The van der Waals surface area contributed by atoms with E-state index in [-0.39, 0.29) is 17.7 Å². The predicted molar refractivity (Wildman–Crippen MR) is 180 cm³/mol. The Bertz CT molecular complexity index is 1850. The van der Waals surface area contributed by atoms with Crippen LogP contribution < -0.4 is 22.1 Å². The number of benzene rings is 4. The zero-order chi connectivity index (χ0) is 32.0. The molecule has 1 aliphatic carbocycles. The summed E-state index contributed by atoms with van der Waals surface area (Å²) in [5.74, 6) is 0.274. The molecule has 46 heavy (non-hydrogen) atoms. The fourth-order valence-corrected chi connectivity index (χ4v) is 6.24. The van der Waals surface area contributed by atoms with Gasteiger partial charge in [0.15, 0.2) is 0 Å². The molecule has 1 atom stereocenters. The van der Waals surface area contributed by atoms with Gasteiger partial charge in [0.1, 0.15) is 5.82 Å². The maximum atomic E-state index is 13.5. The largest absolute Gasteiger partial charge is 0.366 e. The Kier molecular flexibility index (Phi) is 9.21. The van der Waals surface area contributed by atoms with E-state index in [0.717, 1.165) is 59.0 Å². The number of aromatic nitrogens is 2. The molecule has 9 nitrogen and oxygen atoms in total. The number of carbonyl (C=O) groups excluding carboxylic acids is 3. The van der Waals surface area contributed by atoms with Crippen LogP contribution in [-0.4, -0.2) is 34.2 Å². The Morgan fingerprint density at radius 3 is 2.37 bits per heavy atom. The van der Waals surface area contributed by atoms with Gasteiger partial charge >= 0.3 is 0 Å². The maximum Gasteiger partial charge on any atom is 0.255 e. The molecule has 1 heterocycles. The van der Waals surface area contributed by atoms with Crippen LogP contribution in [0.25, 0.3) is 22.0 Å². The van der Waals surface area contributed by atoms with E-state index in [0.29, 0.717) is 35.8 Å². The summed E-state index contributed by atoms with van der Waals surface area (Å²) in [6.07, 6.45) is 5.64. The normalized spacial score (nSPS) is 16.9. The number of aromatic amines is 1. The number of carbonyl (C=O) groups is 3. The van der Waals surface area contributed by atoms with Crippen molar-refractivity contribution in [3.8, 4) is 11.3 Å². The molecular weight excluding hydrogens is 576 g/mol. The number of H-pyrrole nitrogens is 1. The van der Waals surface area contributed by atoms with Crippen LogP contribution in [0.2, 0.25) is 0 Å². The third-order valence-corrected chi connectivity index (χ3v) is 8.94. The number of hydrogen-bond donors (Lipinski definition) is 5. The SMILES string of the molecule is NCC1CCC(C(=O)NC(Cc2cccc(C(=O)Nc3cccc4ccccc34)c2)c2ncc(-c3ccc(C(N)=O)cc3)[nH]2)CC1. The quantitative estimate of drug-likeness (QED) is 0.136. The van der Waals surface area contributed by atoms with Gasteiger partial charge in [0.05, 0.1) is 17.9 Å². The molecular formula is C37H38N6O3. The van der Waals surface area contributed by atoms with Crippen LogP contribution in [-0.2, 0) is 11.2 Å². The topological polar surface area (TPSA) is 156 Å². The molecule has 0 bridgehead atoms. The van der Waals surface area contributed by atoms with Gasteiger partial charge in [0.2, 0.25) is 11.8 Å². The van der Waals surface area contributed by atoms with Crippen molar-refractivity contribution in [3.05, 3.63) is 120 Å². The van der Waals surface area contributed by atoms with Crippen LogP contribution in [0.3, 0.4) is 0 Å². The zero-order valence-corrected chi connectivity index (χ0v) is 25.5. The summed E-state index contributed by atoms with van der Waals surface area (Å²) in [6, 6.07) is 27.7. The lowest BCUT2D eigenvalue weighted by Crippen LogP contribution is -2.37. The molecule has 0 aliphatic heterocycles. The number of amides is 3. The predicted octanol–water partition coefficient (Wildman–Crippen LogP) is 5.75. The summed E-state index contributed by atoms with van der Waals surface area (Å²) in [7, 11) is 0. The summed E-state index contributed by atoms with van der Waals surface area (Å²) in [6.45, 7) is 0.650. The average molecular weight is 615 g/mol. The van der Waals surface area contributed by atoms with Gasteiger partial charge in [-0.15, -0.1) is 0 Å². The van der Waals surface area contributed by atoms with Crippen LogP contribution in [0.1, 0.15) is 63.8 Å². The molecule has 0 saturated heterocycles. The Hall–Kier alpha value is -5.28. The minimum Gasteiger partial charge on any atom is -0.366 e. The van der Waals surface area contributed by atoms with Gasteiger partial charge in [-0.3, -0.25) is 14.4 Å². The highest BCUT2D eigenvalue weighted by Crippen LogP contribution is 2.30. The van der Waals surface area contributed by atoms with E-state index in [1.807, 2.05) is 60.7 Å². The molecule has 0 radical (unpaired) electrons. The Balaban J connectivity index is 1.23. The zero-order valence-electron chi connectivity index (χ0n) is 25.5. The van der Waals surface area contributed by atoms with Crippen LogP contribution in [0.5, 0.6) is 0 Å². The minimum atomic E-state index is -0.492. The van der Waals surface area contributed by atoms with Gasteiger partial charge in [0, 0.05) is 28.1 Å². The fourth-order valence-electron chi connectivity index (χ4n) is 6.24. The Morgan fingerprint density at radius 1 is 0.870 bits per heavy atom. The van der Waals surface area contributed by atoms with E-state index in [4.69, 9.17) is 11.5 Å². The molecule has 234 valence electrons. The standard InChI is InChI=1S/C37H38N6O3/c38-21-23-11-13-28(14-12-23)36(45)43-32(35-40-22-33(41-35)26-15-17-27(18-16-26)34(39)44)20-24-5-3-8-29(19-24)37(46)42-31-10-4-7-25-6-1-2-9-30(25)31/h1-10,15-19,22-23,28,32H,11-14,20-21,38H2,(H2,39,44)(H,40,41)(H,42,46)(H,43,45). The van der Waals surface area contributed by atoms with Gasteiger partial charge in [-0.1, -0.05) is 60.7 Å². The second-order valence-electron chi connectivity index (χ2n) is 12.0. The van der Waals surface area contributed by atoms with Gasteiger partial charge in [-0.05, 0) is 91.4 Å². The summed E-state index contributed by atoms with van der Waals surface area (Å²) >= 11 is 0. The van der Waals surface area contributed by atoms with Crippen molar-refractivity contribution in [3.63, 3.8) is 0 Å². The van der Waals surface area contributed by atoms with Crippen molar-refractivity contribution in [1.82, 2.24) is 15.3 Å². The number of nitrogens with one attached hydrogen (secondary N) is 3. The molecule has 1 fully saturated rings. The Morgan fingerprint density at radius 2 is 1.61 bits per heavy atom. The molecule has 4 aromatic carbocycles. The number of hydrogen-bond acceptors (Lipinski definition) is 5. The van der Waals surface area contributed by atoms with Crippen molar-refractivity contribution in [2.24, 2.45) is 23.3 Å². The monoisotopic (exact) mass is 614 g/mol. The number of fused-ring (bicyclic) bond motifs is 1. The van der Waals surface area contributed by atoms with Gasteiger partial charge in [0.25, 0.3) is 5.91 Å². The van der Waals surface area contributed by atoms with E-state index in [9.17, 15) is 14.4 Å². The van der Waals surface area contributed by atoms with E-state index in [1.165, 1.54) is 0 Å². The molecule has 1 unspecified atom stereocenters. The van der Waals surface area contributed by atoms with Crippen LogP contribution in [0.15, 0.2) is 97.2 Å². The highest BCUT2D eigenvalue weighted by Gasteiger charge is 2.28. The van der Waals surface area contributed by atoms with Crippen LogP contribution in [0.4, 0.5) is 5.69 Å². The van der Waals surface area contributed by atoms with E-state index >= 15 is 0 Å². The van der Waals surface area contributed by atoms with E-state index in [1.54, 1.807) is 36.5 Å². The summed E-state index contributed by atoms with van der Waals surface area (Å²) < 4.78 is 0. The van der Waals surface area contributed by atoms with Gasteiger partial charge in [-0.25, -0.2) is 4.98 Å². The summed E-state index contributed by atoms with van der Waals surface area (Å²) in [5.41, 5.74) is 15.4. The van der Waals surface area contributed by atoms with Crippen molar-refractivity contribution in [2.45, 2.75) is 38.1 Å². The molecule has 3 amide bonds. The number of rotatable bonds is 10. The number of nitrogens with two attached hydrogens (primary N) is 2. The molecule has 1 saturated carbocycles. The lowest BCUT2D eigenvalue weighted by molar-refractivity contribution is -0.127. The fraction of sp³-hybridized carbons (Fsp3) is 0.243. The Labute approximate surface area is 267 Å². The minimum absolute atomic E-state index is 0.00548. The molecule has 6 rings (SSSR count). The number of anilines is 1. The maximum absolute atomic E-state index is 13.5. The highest BCUT2D eigenvalue weighted by atomic mass is 16.2. The lowest BCUT2D eigenvalue weighted by atomic mass is 9.81. The first-order valence-electron chi connectivity index (χ1n) is 15.7. The van der Waals surface area contributed by atoms with Crippen LogP contribution >= 0.6 is 0 Å². The van der Waals surface area contributed by atoms with Crippen molar-refractivity contribution >= 4 is 34.2 Å². The van der Waals surface area contributed by atoms with Gasteiger partial charge in [-0.2, -0.15) is 0 Å². The molecule has 5 aromatic rings. The van der Waals surface area contributed by atoms with Crippen molar-refractivity contribution in [1.29, 1.82) is 0 Å². The molecule has 1 aromatic heterocycles. The van der Waals surface area contributed by atoms with E-state index in [2.05, 4.69) is 20.6 Å².